The van der Waals surface area contributed by atoms with E-state index in [0.29, 0.717) is 4.83 Å². The van der Waals surface area contributed by atoms with Crippen molar-refractivity contribution >= 4 is 21.8 Å². The van der Waals surface area contributed by atoms with Gasteiger partial charge in [-0.3, -0.25) is 4.79 Å². The summed E-state index contributed by atoms with van der Waals surface area (Å²) in [6.45, 7) is 4.83. The first-order chi connectivity index (χ1) is 6.00. The predicted molar refractivity (Wildman–Crippen MR) is 57.9 cm³/mol. The number of rotatable bonds is 3. The van der Waals surface area contributed by atoms with Crippen LogP contribution in [0.15, 0.2) is 0 Å². The van der Waals surface area contributed by atoms with Crippen LogP contribution in [0.1, 0.15) is 26.7 Å². The smallest absolute Gasteiger partial charge is 0.224 e. The van der Waals surface area contributed by atoms with Gasteiger partial charge in [-0.1, -0.05) is 29.8 Å². The van der Waals surface area contributed by atoms with Gasteiger partial charge in [0.15, 0.2) is 0 Å². The van der Waals surface area contributed by atoms with Gasteiger partial charge in [0.25, 0.3) is 0 Å². The molecule has 2 nitrogen and oxygen atoms in total. The fraction of sp³-hybridized carbons (Fsp3) is 0.900. The SMILES string of the molecule is CC(C)C(=O)N(C)CC1CC(Br)C1. The third kappa shape index (κ3) is 2.97. The zero-order valence-corrected chi connectivity index (χ0v) is 10.2. The molecule has 0 unspecified atom stereocenters. The summed E-state index contributed by atoms with van der Waals surface area (Å²) in [5.41, 5.74) is 0. The molecule has 0 spiro atoms. The molecule has 1 amide bonds. The van der Waals surface area contributed by atoms with Gasteiger partial charge in [-0.15, -0.1) is 0 Å². The van der Waals surface area contributed by atoms with Crippen molar-refractivity contribution in [1.29, 1.82) is 0 Å². The van der Waals surface area contributed by atoms with E-state index in [4.69, 9.17) is 0 Å². The van der Waals surface area contributed by atoms with Crippen molar-refractivity contribution in [1.82, 2.24) is 4.90 Å². The summed E-state index contributed by atoms with van der Waals surface area (Å²) >= 11 is 3.55. The molecule has 0 aromatic carbocycles. The minimum Gasteiger partial charge on any atom is -0.345 e. The number of alkyl halides is 1. The average molecular weight is 248 g/mol. The minimum absolute atomic E-state index is 0.129. The topological polar surface area (TPSA) is 20.3 Å². The Bertz CT molecular complexity index is 187. The van der Waals surface area contributed by atoms with Crippen LogP contribution in [0.3, 0.4) is 0 Å². The largest absolute Gasteiger partial charge is 0.345 e. The molecule has 0 saturated heterocycles. The quantitative estimate of drug-likeness (QED) is 0.701. The van der Waals surface area contributed by atoms with E-state index in [1.165, 1.54) is 12.8 Å². The van der Waals surface area contributed by atoms with E-state index in [0.717, 1.165) is 12.5 Å². The average Bonchev–Trinajstić information content (AvgIpc) is 2.00. The van der Waals surface area contributed by atoms with Crippen LogP contribution >= 0.6 is 15.9 Å². The molecule has 0 heterocycles. The molecule has 0 atom stereocenters. The Hall–Kier alpha value is -0.0500. The Morgan fingerprint density at radius 2 is 2.08 bits per heavy atom. The molecule has 0 aromatic rings. The van der Waals surface area contributed by atoms with Gasteiger partial charge in [-0.05, 0) is 18.8 Å². The van der Waals surface area contributed by atoms with Gasteiger partial charge in [0.2, 0.25) is 5.91 Å². The van der Waals surface area contributed by atoms with Crippen molar-refractivity contribution in [3.8, 4) is 0 Å². The van der Waals surface area contributed by atoms with Crippen LogP contribution in [0.5, 0.6) is 0 Å². The van der Waals surface area contributed by atoms with Crippen molar-refractivity contribution < 1.29 is 4.79 Å². The van der Waals surface area contributed by atoms with Crippen LogP contribution in [0.2, 0.25) is 0 Å². The Balaban J connectivity index is 2.25. The fourth-order valence-corrected chi connectivity index (χ4v) is 2.78. The number of carbonyl (C=O) groups excluding carboxylic acids is 1. The maximum atomic E-state index is 11.5. The molecule has 0 N–H and O–H groups in total. The second-order valence-corrected chi connectivity index (χ2v) is 5.60. The highest BCUT2D eigenvalue weighted by atomic mass is 79.9. The molecule has 1 fully saturated rings. The number of hydrogen-bond acceptors (Lipinski definition) is 1. The molecule has 0 aromatic heterocycles. The second-order valence-electron chi connectivity index (χ2n) is 4.31. The van der Waals surface area contributed by atoms with Crippen molar-refractivity contribution in [3.05, 3.63) is 0 Å². The summed E-state index contributed by atoms with van der Waals surface area (Å²) in [5.74, 6) is 1.11. The summed E-state index contributed by atoms with van der Waals surface area (Å²) in [7, 11) is 1.91. The molecular weight excluding hydrogens is 230 g/mol. The van der Waals surface area contributed by atoms with Crippen molar-refractivity contribution in [2.45, 2.75) is 31.5 Å². The monoisotopic (exact) mass is 247 g/mol. The third-order valence-electron chi connectivity index (χ3n) is 2.58. The second kappa shape index (κ2) is 4.45. The lowest BCUT2D eigenvalue weighted by Gasteiger charge is -2.34. The number of carbonyl (C=O) groups is 1. The van der Waals surface area contributed by atoms with E-state index in [1.54, 1.807) is 0 Å². The molecule has 1 aliphatic rings. The molecular formula is C10H18BrNO. The molecule has 0 radical (unpaired) electrons. The van der Waals surface area contributed by atoms with Crippen molar-refractivity contribution in [3.63, 3.8) is 0 Å². The number of nitrogens with zero attached hydrogens (tertiary/aromatic N) is 1. The van der Waals surface area contributed by atoms with Gasteiger partial charge in [-0.2, -0.15) is 0 Å². The first-order valence-electron chi connectivity index (χ1n) is 4.89. The highest BCUT2D eigenvalue weighted by molar-refractivity contribution is 9.09. The lowest BCUT2D eigenvalue weighted by atomic mass is 9.85. The highest BCUT2D eigenvalue weighted by Crippen LogP contribution is 2.33. The van der Waals surface area contributed by atoms with Gasteiger partial charge >= 0.3 is 0 Å². The van der Waals surface area contributed by atoms with Crippen LogP contribution in [0.4, 0.5) is 0 Å². The van der Waals surface area contributed by atoms with Crippen molar-refractivity contribution in [2.24, 2.45) is 11.8 Å². The van der Waals surface area contributed by atoms with E-state index in [9.17, 15) is 4.79 Å². The van der Waals surface area contributed by atoms with Gasteiger partial charge in [0.1, 0.15) is 0 Å². The molecule has 1 aliphatic carbocycles. The summed E-state index contributed by atoms with van der Waals surface area (Å²) < 4.78 is 0. The summed E-state index contributed by atoms with van der Waals surface area (Å²) in [4.78, 5) is 14.1. The lowest BCUT2D eigenvalue weighted by Crippen LogP contribution is -2.39. The first kappa shape index (κ1) is 11.0. The Kier molecular flexibility index (Phi) is 3.77. The van der Waals surface area contributed by atoms with E-state index >= 15 is 0 Å². The number of amides is 1. The lowest BCUT2D eigenvalue weighted by molar-refractivity contribution is -0.134. The zero-order chi connectivity index (χ0) is 10.0. The molecule has 1 saturated carbocycles. The standard InChI is InChI=1S/C10H18BrNO/c1-7(2)10(13)12(3)6-8-4-9(11)5-8/h7-9H,4-6H2,1-3H3. The van der Waals surface area contributed by atoms with E-state index < -0.39 is 0 Å². The van der Waals surface area contributed by atoms with Crippen LogP contribution in [0.25, 0.3) is 0 Å². The Morgan fingerprint density at radius 3 is 2.46 bits per heavy atom. The van der Waals surface area contributed by atoms with E-state index in [-0.39, 0.29) is 11.8 Å². The van der Waals surface area contributed by atoms with Crippen LogP contribution in [-0.4, -0.2) is 29.2 Å². The van der Waals surface area contributed by atoms with Crippen LogP contribution in [0, 0.1) is 11.8 Å². The maximum absolute atomic E-state index is 11.5. The van der Waals surface area contributed by atoms with Gasteiger partial charge in [0, 0.05) is 24.3 Å². The van der Waals surface area contributed by atoms with Gasteiger partial charge < -0.3 is 4.90 Å². The van der Waals surface area contributed by atoms with Crippen LogP contribution in [-0.2, 0) is 4.79 Å². The molecule has 0 bridgehead atoms. The Labute approximate surface area is 88.8 Å². The molecule has 1 rings (SSSR count). The molecule has 3 heteroatoms. The predicted octanol–water partition coefficient (Wildman–Crippen LogP) is 2.27. The maximum Gasteiger partial charge on any atom is 0.224 e. The van der Waals surface area contributed by atoms with Crippen molar-refractivity contribution in [2.75, 3.05) is 13.6 Å². The fourth-order valence-electron chi connectivity index (χ4n) is 1.72. The summed E-state index contributed by atoms with van der Waals surface area (Å²) in [5, 5.41) is 0. The van der Waals surface area contributed by atoms with E-state index in [1.807, 2.05) is 25.8 Å². The number of halogens is 1. The van der Waals surface area contributed by atoms with Crippen LogP contribution < -0.4 is 0 Å². The zero-order valence-electron chi connectivity index (χ0n) is 8.59. The first-order valence-corrected chi connectivity index (χ1v) is 5.81. The summed E-state index contributed by atoms with van der Waals surface area (Å²) in [6.07, 6.45) is 2.44. The highest BCUT2D eigenvalue weighted by Gasteiger charge is 2.28. The van der Waals surface area contributed by atoms with E-state index in [2.05, 4.69) is 15.9 Å². The normalized spacial score (nSPS) is 27.2. The number of hydrogen-bond donors (Lipinski definition) is 0. The van der Waals surface area contributed by atoms with Gasteiger partial charge in [-0.25, -0.2) is 0 Å². The third-order valence-corrected chi connectivity index (χ3v) is 3.33. The Morgan fingerprint density at radius 1 is 1.54 bits per heavy atom. The minimum atomic E-state index is 0.129. The molecule has 13 heavy (non-hydrogen) atoms. The summed E-state index contributed by atoms with van der Waals surface area (Å²) in [6, 6.07) is 0. The molecule has 0 aliphatic heterocycles. The molecule has 76 valence electrons. The van der Waals surface area contributed by atoms with Gasteiger partial charge in [0.05, 0.1) is 0 Å².